The first-order valence-corrected chi connectivity index (χ1v) is 10.1. The highest BCUT2D eigenvalue weighted by Crippen LogP contribution is 2.31. The lowest BCUT2D eigenvalue weighted by atomic mass is 10.1. The number of benzene rings is 1. The van der Waals surface area contributed by atoms with E-state index in [9.17, 15) is 4.79 Å². The number of ether oxygens (including phenoxy) is 3. The Kier molecular flexibility index (Phi) is 6.94. The molecule has 166 valence electrons. The maximum Gasteiger partial charge on any atom is 0.310 e. The summed E-state index contributed by atoms with van der Waals surface area (Å²) in [5.74, 6) is 1.83. The standard InChI is InChI=1S/C22H28N4O5/c1-13(2)11-26-15(4)17(14(3)24-26)10-21(27)30-12-20-23-22(25-31-20)16-7-8-18(28-5)19(9-16)29-6/h7-9,13H,10-12H2,1-6H3. The molecule has 0 radical (unpaired) electrons. The zero-order valence-corrected chi connectivity index (χ0v) is 18.8. The Morgan fingerprint density at radius 3 is 2.58 bits per heavy atom. The summed E-state index contributed by atoms with van der Waals surface area (Å²) in [6, 6.07) is 5.30. The molecular formula is C22H28N4O5. The number of carbonyl (C=O) groups is 1. The smallest absolute Gasteiger partial charge is 0.310 e. The van der Waals surface area contributed by atoms with E-state index < -0.39 is 0 Å². The summed E-state index contributed by atoms with van der Waals surface area (Å²) in [4.78, 5) is 16.7. The Bertz CT molecular complexity index is 1050. The molecule has 0 bridgehead atoms. The number of rotatable bonds is 9. The largest absolute Gasteiger partial charge is 0.493 e. The van der Waals surface area contributed by atoms with Crippen molar-refractivity contribution in [3.05, 3.63) is 41.0 Å². The van der Waals surface area contributed by atoms with Gasteiger partial charge in [0.15, 0.2) is 18.1 Å². The van der Waals surface area contributed by atoms with Crippen molar-refractivity contribution < 1.29 is 23.5 Å². The van der Waals surface area contributed by atoms with Crippen molar-refractivity contribution in [2.45, 2.75) is 47.3 Å². The normalized spacial score (nSPS) is 11.1. The van der Waals surface area contributed by atoms with Gasteiger partial charge in [0.1, 0.15) is 0 Å². The molecule has 0 fully saturated rings. The highest BCUT2D eigenvalue weighted by Gasteiger charge is 2.18. The minimum Gasteiger partial charge on any atom is -0.493 e. The Hall–Kier alpha value is -3.36. The molecule has 0 N–H and O–H groups in total. The Labute approximate surface area is 181 Å². The second kappa shape index (κ2) is 9.63. The predicted molar refractivity (Wildman–Crippen MR) is 113 cm³/mol. The van der Waals surface area contributed by atoms with Gasteiger partial charge in [-0.25, -0.2) is 0 Å². The van der Waals surface area contributed by atoms with Crippen molar-refractivity contribution in [2.24, 2.45) is 5.92 Å². The zero-order chi connectivity index (χ0) is 22.5. The van der Waals surface area contributed by atoms with Gasteiger partial charge >= 0.3 is 5.97 Å². The molecule has 3 aromatic rings. The first kappa shape index (κ1) is 22.3. The van der Waals surface area contributed by atoms with Crippen LogP contribution in [0.25, 0.3) is 11.4 Å². The summed E-state index contributed by atoms with van der Waals surface area (Å²) in [6.07, 6.45) is 0.145. The maximum atomic E-state index is 12.4. The second-order valence-corrected chi connectivity index (χ2v) is 7.64. The number of aryl methyl sites for hydroxylation is 1. The number of hydrogen-bond acceptors (Lipinski definition) is 8. The number of esters is 1. The SMILES string of the molecule is COc1ccc(-c2noc(COC(=O)Cc3c(C)nn(CC(C)C)c3C)n2)cc1OC. The van der Waals surface area contributed by atoms with Crippen LogP contribution in [0.15, 0.2) is 22.7 Å². The molecule has 0 saturated heterocycles. The molecule has 0 saturated carbocycles. The molecule has 3 rings (SSSR count). The summed E-state index contributed by atoms with van der Waals surface area (Å²) in [5, 5.41) is 8.49. The van der Waals surface area contributed by atoms with Crippen molar-refractivity contribution in [3.8, 4) is 22.9 Å². The average Bonchev–Trinajstić information content (AvgIpc) is 3.32. The first-order valence-electron chi connectivity index (χ1n) is 10.1. The molecule has 1 aromatic carbocycles. The molecule has 9 nitrogen and oxygen atoms in total. The molecule has 2 aromatic heterocycles. The van der Waals surface area contributed by atoms with E-state index in [1.54, 1.807) is 32.4 Å². The molecule has 2 heterocycles. The van der Waals surface area contributed by atoms with Crippen molar-refractivity contribution >= 4 is 5.97 Å². The third kappa shape index (κ3) is 5.22. The molecule has 9 heteroatoms. The van der Waals surface area contributed by atoms with Crippen molar-refractivity contribution in [2.75, 3.05) is 14.2 Å². The van der Waals surface area contributed by atoms with Gasteiger partial charge in [-0.05, 0) is 38.0 Å². The van der Waals surface area contributed by atoms with Crippen LogP contribution in [-0.4, -0.2) is 40.1 Å². The summed E-state index contributed by atoms with van der Waals surface area (Å²) < 4.78 is 23.0. The monoisotopic (exact) mass is 428 g/mol. The van der Waals surface area contributed by atoms with Crippen LogP contribution >= 0.6 is 0 Å². The van der Waals surface area contributed by atoms with Crippen LogP contribution in [-0.2, 0) is 29.1 Å². The van der Waals surface area contributed by atoms with Crippen LogP contribution in [0.2, 0.25) is 0 Å². The Morgan fingerprint density at radius 2 is 1.90 bits per heavy atom. The fourth-order valence-electron chi connectivity index (χ4n) is 3.26. The van der Waals surface area contributed by atoms with Gasteiger partial charge in [0.05, 0.1) is 26.3 Å². The van der Waals surface area contributed by atoms with E-state index in [1.807, 2.05) is 18.5 Å². The maximum absolute atomic E-state index is 12.4. The summed E-state index contributed by atoms with van der Waals surface area (Å²) in [6.45, 7) is 8.84. The molecule has 0 unspecified atom stereocenters. The van der Waals surface area contributed by atoms with Gasteiger partial charge in [0.2, 0.25) is 5.82 Å². The van der Waals surface area contributed by atoms with Gasteiger partial charge in [-0.3, -0.25) is 9.48 Å². The molecule has 31 heavy (non-hydrogen) atoms. The lowest BCUT2D eigenvalue weighted by Gasteiger charge is -2.08. The van der Waals surface area contributed by atoms with Crippen molar-refractivity contribution in [1.29, 1.82) is 0 Å². The predicted octanol–water partition coefficient (Wildman–Crippen LogP) is 3.51. The summed E-state index contributed by atoms with van der Waals surface area (Å²) >= 11 is 0. The van der Waals surface area contributed by atoms with Crippen molar-refractivity contribution in [3.63, 3.8) is 0 Å². The van der Waals surface area contributed by atoms with E-state index in [0.717, 1.165) is 23.5 Å². The van der Waals surface area contributed by atoms with E-state index in [2.05, 4.69) is 29.1 Å². The van der Waals surface area contributed by atoms with E-state index in [-0.39, 0.29) is 24.9 Å². The molecule has 0 aliphatic heterocycles. The van der Waals surface area contributed by atoms with Gasteiger partial charge in [-0.15, -0.1) is 0 Å². The third-order valence-electron chi connectivity index (χ3n) is 4.86. The van der Waals surface area contributed by atoms with Crippen LogP contribution in [0, 0.1) is 19.8 Å². The molecular weight excluding hydrogens is 400 g/mol. The Morgan fingerprint density at radius 1 is 1.16 bits per heavy atom. The molecule has 0 aliphatic carbocycles. The summed E-state index contributed by atoms with van der Waals surface area (Å²) in [7, 11) is 3.12. The Balaban J connectivity index is 1.62. The van der Waals surface area contributed by atoms with E-state index in [1.165, 1.54) is 0 Å². The lowest BCUT2D eigenvalue weighted by molar-refractivity contribution is -0.144. The van der Waals surface area contributed by atoms with E-state index in [0.29, 0.717) is 28.8 Å². The van der Waals surface area contributed by atoms with Crippen LogP contribution in [0.4, 0.5) is 0 Å². The van der Waals surface area contributed by atoms with Crippen LogP contribution < -0.4 is 9.47 Å². The van der Waals surface area contributed by atoms with Gasteiger partial charge in [0, 0.05) is 23.4 Å². The van der Waals surface area contributed by atoms with Crippen LogP contribution in [0.5, 0.6) is 11.5 Å². The molecule has 0 amide bonds. The molecule has 0 aliphatic rings. The quantitative estimate of drug-likeness (QED) is 0.477. The fourth-order valence-corrected chi connectivity index (χ4v) is 3.26. The van der Waals surface area contributed by atoms with Crippen LogP contribution in [0.3, 0.4) is 0 Å². The number of nitrogens with zero attached hydrogens (tertiary/aromatic N) is 4. The topological polar surface area (TPSA) is 102 Å². The first-order chi connectivity index (χ1) is 14.8. The zero-order valence-electron chi connectivity index (χ0n) is 18.8. The average molecular weight is 428 g/mol. The highest BCUT2D eigenvalue weighted by molar-refractivity contribution is 5.73. The number of methoxy groups -OCH3 is 2. The minimum absolute atomic E-state index is 0.0999. The third-order valence-corrected chi connectivity index (χ3v) is 4.86. The number of carbonyl (C=O) groups excluding carboxylic acids is 1. The lowest BCUT2D eigenvalue weighted by Crippen LogP contribution is -2.11. The molecule has 0 atom stereocenters. The minimum atomic E-state index is -0.374. The second-order valence-electron chi connectivity index (χ2n) is 7.64. The van der Waals surface area contributed by atoms with E-state index >= 15 is 0 Å². The highest BCUT2D eigenvalue weighted by atomic mass is 16.6. The number of aromatic nitrogens is 4. The van der Waals surface area contributed by atoms with Gasteiger partial charge in [0.25, 0.3) is 5.89 Å². The van der Waals surface area contributed by atoms with Crippen molar-refractivity contribution in [1.82, 2.24) is 19.9 Å². The summed E-state index contributed by atoms with van der Waals surface area (Å²) in [5.41, 5.74) is 3.41. The van der Waals surface area contributed by atoms with Gasteiger partial charge < -0.3 is 18.7 Å². The van der Waals surface area contributed by atoms with Gasteiger partial charge in [-0.2, -0.15) is 10.1 Å². The van der Waals surface area contributed by atoms with E-state index in [4.69, 9.17) is 18.7 Å². The molecule has 0 spiro atoms. The van der Waals surface area contributed by atoms with Gasteiger partial charge in [-0.1, -0.05) is 19.0 Å². The fraction of sp³-hybridized carbons (Fsp3) is 0.455. The number of hydrogen-bond donors (Lipinski definition) is 0. The van der Waals surface area contributed by atoms with Crippen LogP contribution in [0.1, 0.15) is 36.7 Å².